The van der Waals surface area contributed by atoms with Gasteiger partial charge in [-0.25, -0.2) is 14.4 Å². The lowest BCUT2D eigenvalue weighted by Crippen LogP contribution is -2.12. The highest BCUT2D eigenvalue weighted by atomic mass is 35.5. The molecular weight excluding hydrogens is 497 g/mol. The number of hydrogen-bond acceptors (Lipinski definition) is 8. The summed E-state index contributed by atoms with van der Waals surface area (Å²) in [6.45, 7) is 0.456. The van der Waals surface area contributed by atoms with Crippen LogP contribution in [0.5, 0.6) is 11.5 Å². The summed E-state index contributed by atoms with van der Waals surface area (Å²) in [6.07, 6.45) is 7.96. The van der Waals surface area contributed by atoms with Crippen LogP contribution in [-0.4, -0.2) is 44.0 Å². The van der Waals surface area contributed by atoms with Crippen LogP contribution in [0.2, 0.25) is 5.02 Å². The molecule has 1 heterocycles. The lowest BCUT2D eigenvalue weighted by Gasteiger charge is -2.18. The number of nitrogens with zero attached hydrogens (tertiary/aromatic N) is 2. The predicted octanol–water partition coefficient (Wildman–Crippen LogP) is 5.62. The zero-order chi connectivity index (χ0) is 24.8. The summed E-state index contributed by atoms with van der Waals surface area (Å²) in [4.78, 5) is 8.73. The second-order valence-corrected chi connectivity index (χ2v) is 10.4. The van der Waals surface area contributed by atoms with Gasteiger partial charge in [0, 0.05) is 17.1 Å². The zero-order valence-corrected chi connectivity index (χ0v) is 20.9. The fraction of sp³-hybridized carbons (Fsp3) is 0.417. The van der Waals surface area contributed by atoms with Gasteiger partial charge in [0.1, 0.15) is 18.0 Å². The van der Waals surface area contributed by atoms with E-state index in [0.29, 0.717) is 53.4 Å². The number of benzene rings is 2. The van der Waals surface area contributed by atoms with Gasteiger partial charge in [0.15, 0.2) is 11.5 Å². The molecule has 35 heavy (non-hydrogen) atoms. The van der Waals surface area contributed by atoms with Gasteiger partial charge in [-0.15, -0.1) is 0 Å². The molecule has 0 bridgehead atoms. The van der Waals surface area contributed by atoms with Crippen molar-refractivity contribution >= 4 is 44.1 Å². The second kappa shape index (κ2) is 11.4. The summed E-state index contributed by atoms with van der Waals surface area (Å²) in [5, 5.41) is 3.86. The van der Waals surface area contributed by atoms with Gasteiger partial charge in [0.2, 0.25) is 0 Å². The van der Waals surface area contributed by atoms with Crippen LogP contribution in [0.1, 0.15) is 38.5 Å². The molecule has 0 spiro atoms. The van der Waals surface area contributed by atoms with Gasteiger partial charge < -0.3 is 14.8 Å². The minimum atomic E-state index is -3.45. The zero-order valence-electron chi connectivity index (χ0n) is 19.3. The molecule has 4 rings (SSSR count). The number of fused-ring (bicyclic) bond motifs is 1. The summed E-state index contributed by atoms with van der Waals surface area (Å²) in [6, 6.07) is 7.99. The number of halogens is 2. The molecule has 1 N–H and O–H groups in total. The van der Waals surface area contributed by atoms with Crippen LogP contribution < -0.4 is 14.8 Å². The van der Waals surface area contributed by atoms with Crippen LogP contribution in [0.4, 0.5) is 15.9 Å². The largest absolute Gasteiger partial charge is 0.490 e. The summed E-state index contributed by atoms with van der Waals surface area (Å²) in [5.41, 5.74) is 1.24. The minimum Gasteiger partial charge on any atom is -0.490 e. The van der Waals surface area contributed by atoms with E-state index in [2.05, 4.69) is 15.3 Å². The third-order valence-electron chi connectivity index (χ3n) is 5.57. The maximum atomic E-state index is 13.6. The first-order valence-electron chi connectivity index (χ1n) is 11.4. The number of hydrogen-bond donors (Lipinski definition) is 1. The third kappa shape index (κ3) is 7.16. The van der Waals surface area contributed by atoms with E-state index in [0.717, 1.165) is 31.9 Å². The Hall–Kier alpha value is -2.69. The van der Waals surface area contributed by atoms with Crippen LogP contribution in [0, 0.1) is 5.82 Å². The number of nitrogens with one attached hydrogen (secondary N) is 1. The molecule has 188 valence electrons. The average molecular weight is 524 g/mol. The quantitative estimate of drug-likeness (QED) is 0.255. The monoisotopic (exact) mass is 523 g/mol. The lowest BCUT2D eigenvalue weighted by atomic mass is 10.2. The Bertz CT molecular complexity index is 1290. The molecule has 0 unspecified atom stereocenters. The second-order valence-electron chi connectivity index (χ2n) is 8.40. The van der Waals surface area contributed by atoms with Crippen LogP contribution in [-0.2, 0) is 14.3 Å². The summed E-state index contributed by atoms with van der Waals surface area (Å²) < 4.78 is 52.8. The van der Waals surface area contributed by atoms with Crippen molar-refractivity contribution in [3.8, 4) is 11.5 Å². The first kappa shape index (κ1) is 25.4. The number of anilines is 2. The van der Waals surface area contributed by atoms with Gasteiger partial charge in [-0.2, -0.15) is 8.42 Å². The molecule has 1 aromatic heterocycles. The van der Waals surface area contributed by atoms with Crippen LogP contribution in [0.15, 0.2) is 36.7 Å². The molecule has 0 atom stereocenters. The van der Waals surface area contributed by atoms with Crippen molar-refractivity contribution in [2.45, 2.75) is 44.6 Å². The number of aromatic nitrogens is 2. The Morgan fingerprint density at radius 2 is 1.86 bits per heavy atom. The Kier molecular flexibility index (Phi) is 8.25. The Labute approximate surface area is 208 Å². The molecule has 1 saturated carbocycles. The molecule has 0 aliphatic heterocycles. The van der Waals surface area contributed by atoms with E-state index < -0.39 is 15.9 Å². The van der Waals surface area contributed by atoms with E-state index in [-0.39, 0.29) is 17.7 Å². The third-order valence-corrected chi connectivity index (χ3v) is 6.46. The van der Waals surface area contributed by atoms with Gasteiger partial charge >= 0.3 is 0 Å². The Balaban J connectivity index is 1.56. The SMILES string of the molecule is CS(=O)(=O)OCCCCOc1cc2c(Nc3ccc(F)c(Cl)c3)ncnc2cc1OC1CCCC1. The van der Waals surface area contributed by atoms with Gasteiger partial charge in [-0.3, -0.25) is 4.18 Å². The highest BCUT2D eigenvalue weighted by Crippen LogP contribution is 2.37. The van der Waals surface area contributed by atoms with Crippen molar-refractivity contribution in [3.63, 3.8) is 0 Å². The first-order chi connectivity index (χ1) is 16.8. The Morgan fingerprint density at radius 3 is 2.60 bits per heavy atom. The summed E-state index contributed by atoms with van der Waals surface area (Å²) in [5.74, 6) is 1.15. The average Bonchev–Trinajstić information content (AvgIpc) is 3.31. The van der Waals surface area contributed by atoms with Crippen LogP contribution >= 0.6 is 11.6 Å². The maximum absolute atomic E-state index is 13.6. The van der Waals surface area contributed by atoms with Crippen molar-refractivity contribution in [3.05, 3.63) is 47.5 Å². The molecule has 0 radical (unpaired) electrons. The molecule has 8 nitrogen and oxygen atoms in total. The van der Waals surface area contributed by atoms with E-state index >= 15 is 0 Å². The number of rotatable bonds is 11. The molecule has 0 saturated heterocycles. The van der Waals surface area contributed by atoms with E-state index in [1.165, 1.54) is 18.5 Å². The molecular formula is C24H27ClFN3O5S. The van der Waals surface area contributed by atoms with Crippen molar-refractivity contribution in [2.75, 3.05) is 24.8 Å². The summed E-state index contributed by atoms with van der Waals surface area (Å²) in [7, 11) is -3.45. The molecule has 11 heteroatoms. The first-order valence-corrected chi connectivity index (χ1v) is 13.6. The van der Waals surface area contributed by atoms with Crippen LogP contribution in [0.3, 0.4) is 0 Å². The smallest absolute Gasteiger partial charge is 0.264 e. The van der Waals surface area contributed by atoms with Crippen molar-refractivity contribution in [1.82, 2.24) is 9.97 Å². The normalized spacial score (nSPS) is 14.4. The highest BCUT2D eigenvalue weighted by molar-refractivity contribution is 7.85. The summed E-state index contributed by atoms with van der Waals surface area (Å²) >= 11 is 5.92. The van der Waals surface area contributed by atoms with Gasteiger partial charge in [0.25, 0.3) is 10.1 Å². The van der Waals surface area contributed by atoms with Gasteiger partial charge in [-0.05, 0) is 62.8 Å². The van der Waals surface area contributed by atoms with Crippen molar-refractivity contribution < 1.29 is 26.5 Å². The van der Waals surface area contributed by atoms with Gasteiger partial charge in [0.05, 0.1) is 36.1 Å². The van der Waals surface area contributed by atoms with E-state index in [1.807, 2.05) is 12.1 Å². The number of unbranched alkanes of at least 4 members (excludes halogenated alkanes) is 1. The molecule has 2 aromatic carbocycles. The number of ether oxygens (including phenoxy) is 2. The molecule has 1 aliphatic carbocycles. The fourth-order valence-electron chi connectivity index (χ4n) is 3.86. The minimum absolute atomic E-state index is 0.00415. The van der Waals surface area contributed by atoms with Crippen LogP contribution in [0.25, 0.3) is 10.9 Å². The predicted molar refractivity (Wildman–Crippen MR) is 133 cm³/mol. The molecule has 1 fully saturated rings. The standard InChI is InChI=1S/C24H27ClFN3O5S/c1-35(30,31)33-11-5-4-10-32-22-13-18-21(14-23(22)34-17-6-2-3-7-17)27-15-28-24(18)29-16-8-9-20(26)19(25)12-16/h8-9,12-15,17H,2-7,10-11H2,1H3,(H,27,28,29). The maximum Gasteiger partial charge on any atom is 0.264 e. The molecule has 0 amide bonds. The lowest BCUT2D eigenvalue weighted by molar-refractivity contribution is 0.193. The van der Waals surface area contributed by atoms with E-state index in [4.69, 9.17) is 25.3 Å². The van der Waals surface area contributed by atoms with Gasteiger partial charge in [-0.1, -0.05) is 11.6 Å². The topological polar surface area (TPSA) is 99.6 Å². The Morgan fingerprint density at radius 1 is 1.09 bits per heavy atom. The fourth-order valence-corrected chi connectivity index (χ4v) is 4.46. The molecule has 3 aromatic rings. The van der Waals surface area contributed by atoms with Crippen molar-refractivity contribution in [2.24, 2.45) is 0 Å². The van der Waals surface area contributed by atoms with E-state index in [9.17, 15) is 12.8 Å². The highest BCUT2D eigenvalue weighted by Gasteiger charge is 2.20. The molecule has 1 aliphatic rings. The van der Waals surface area contributed by atoms with E-state index in [1.54, 1.807) is 6.07 Å². The van der Waals surface area contributed by atoms with Crippen molar-refractivity contribution in [1.29, 1.82) is 0 Å².